The number of benzene rings is 8. The van der Waals surface area contributed by atoms with Gasteiger partial charge in [-0.15, -0.1) is 0 Å². The van der Waals surface area contributed by atoms with Gasteiger partial charge in [0.05, 0.1) is 11.1 Å². The molecule has 0 bridgehead atoms. The van der Waals surface area contributed by atoms with Gasteiger partial charge in [0.2, 0.25) is 0 Å². The van der Waals surface area contributed by atoms with Crippen LogP contribution in [-0.4, -0.2) is 21.7 Å². The van der Waals surface area contributed by atoms with Gasteiger partial charge in [0, 0.05) is 33.4 Å². The molecule has 11 rings (SSSR count). The van der Waals surface area contributed by atoms with Gasteiger partial charge in [-0.3, -0.25) is 4.99 Å². The van der Waals surface area contributed by atoms with Crippen molar-refractivity contribution in [2.45, 2.75) is 12.3 Å². The lowest BCUT2D eigenvalue weighted by Gasteiger charge is -2.39. The fourth-order valence-corrected chi connectivity index (χ4v) is 9.51. The van der Waals surface area contributed by atoms with Crippen molar-refractivity contribution in [1.82, 2.24) is 15.0 Å². The van der Waals surface area contributed by atoms with Crippen molar-refractivity contribution in [2.75, 3.05) is 0 Å². The van der Waals surface area contributed by atoms with E-state index in [4.69, 9.17) is 19.7 Å². The molecule has 5 nitrogen and oxygen atoms in total. The van der Waals surface area contributed by atoms with E-state index in [2.05, 4.69) is 145 Å². The number of ether oxygens (including phenoxy) is 1. The average molecular weight is 809 g/mol. The molecule has 0 saturated heterocycles. The molecular formula is C58H40N4O. The first-order valence-electron chi connectivity index (χ1n) is 21.2. The van der Waals surface area contributed by atoms with E-state index >= 15 is 0 Å². The van der Waals surface area contributed by atoms with E-state index in [0.29, 0.717) is 17.5 Å². The monoisotopic (exact) mass is 808 g/mol. The Labute approximate surface area is 367 Å². The van der Waals surface area contributed by atoms with Crippen molar-refractivity contribution >= 4 is 12.4 Å². The zero-order chi connectivity index (χ0) is 42.3. The molecule has 0 radical (unpaired) electrons. The van der Waals surface area contributed by atoms with E-state index < -0.39 is 5.41 Å². The van der Waals surface area contributed by atoms with Gasteiger partial charge < -0.3 is 4.74 Å². The van der Waals surface area contributed by atoms with Crippen LogP contribution < -0.4 is 4.74 Å². The molecule has 1 aromatic heterocycles. The molecule has 9 aromatic rings. The van der Waals surface area contributed by atoms with Gasteiger partial charge in [-0.2, -0.15) is 0 Å². The highest BCUT2D eigenvalue weighted by atomic mass is 16.5. The molecule has 0 unspecified atom stereocenters. The number of nitrogens with zero attached hydrogens (tertiary/aromatic N) is 4. The summed E-state index contributed by atoms with van der Waals surface area (Å²) in [5.74, 6) is 3.56. The number of hydrogen-bond donors (Lipinski definition) is 0. The highest BCUT2D eigenvalue weighted by molar-refractivity contribution is 6.03. The van der Waals surface area contributed by atoms with Gasteiger partial charge in [0.15, 0.2) is 17.5 Å². The van der Waals surface area contributed by atoms with Crippen LogP contribution in [-0.2, 0) is 5.41 Å². The largest absolute Gasteiger partial charge is 0.457 e. The molecule has 298 valence electrons. The molecule has 0 saturated carbocycles. The molecule has 0 amide bonds. The fraction of sp³-hybridized carbons (Fsp3) is 0.0345. The summed E-state index contributed by atoms with van der Waals surface area (Å²) in [5, 5.41) is 0. The number of allylic oxidation sites excluding steroid dienone is 3. The Hall–Kier alpha value is -8.28. The third-order valence-electron chi connectivity index (χ3n) is 12.2. The normalized spacial score (nSPS) is 13.2. The van der Waals surface area contributed by atoms with Gasteiger partial charge in [-0.05, 0) is 88.5 Å². The van der Waals surface area contributed by atoms with Crippen molar-refractivity contribution in [1.29, 1.82) is 0 Å². The summed E-state index contributed by atoms with van der Waals surface area (Å²) in [4.78, 5) is 19.6. The van der Waals surface area contributed by atoms with Crippen molar-refractivity contribution in [2.24, 2.45) is 4.99 Å². The van der Waals surface area contributed by atoms with E-state index in [9.17, 15) is 0 Å². The summed E-state index contributed by atoms with van der Waals surface area (Å²) in [5.41, 5.74) is 15.3. The van der Waals surface area contributed by atoms with Crippen molar-refractivity contribution in [3.63, 3.8) is 0 Å². The minimum Gasteiger partial charge on any atom is -0.457 e. The van der Waals surface area contributed by atoms with Gasteiger partial charge in [-0.25, -0.2) is 15.0 Å². The highest BCUT2D eigenvalue weighted by Crippen LogP contribution is 2.64. The lowest BCUT2D eigenvalue weighted by atomic mass is 9.66. The number of aliphatic imine (C=N–C) groups is 1. The van der Waals surface area contributed by atoms with Gasteiger partial charge in [0.25, 0.3) is 0 Å². The predicted octanol–water partition coefficient (Wildman–Crippen LogP) is 14.3. The SMILES string of the molecule is C=N/C(=C\C=C/C)c1cccc(-c2cccc3c2-c2c(-c4cccc(-c5nc(-c6ccccc6)nc(-c6ccccc6)n5)c4)cccc2C32c3ccccc3Oc3ccccc32)c1. The van der Waals surface area contributed by atoms with E-state index in [1.807, 2.05) is 85.8 Å². The van der Waals surface area contributed by atoms with Gasteiger partial charge in [-0.1, -0.05) is 182 Å². The zero-order valence-corrected chi connectivity index (χ0v) is 34.6. The molecule has 2 heterocycles. The van der Waals surface area contributed by atoms with Crippen LogP contribution in [0.2, 0.25) is 0 Å². The molecule has 8 aromatic carbocycles. The molecule has 1 aliphatic heterocycles. The first-order valence-corrected chi connectivity index (χ1v) is 21.2. The fourth-order valence-electron chi connectivity index (χ4n) is 9.51. The quantitative estimate of drug-likeness (QED) is 0.113. The Morgan fingerprint density at radius 3 is 1.48 bits per heavy atom. The van der Waals surface area contributed by atoms with E-state index in [0.717, 1.165) is 72.8 Å². The van der Waals surface area contributed by atoms with Crippen molar-refractivity contribution < 1.29 is 4.74 Å². The maximum absolute atomic E-state index is 6.71. The molecule has 1 spiro atoms. The smallest absolute Gasteiger partial charge is 0.164 e. The molecular weight excluding hydrogens is 769 g/mol. The standard InChI is InChI=1S/C58H40N4O/c1-3-4-33-50(59-2)42-25-15-23-40(36-42)44-27-17-31-48-53(44)54-45(28-18-32-49(54)58(48)46-29-11-13-34-51(46)63-52-35-14-12-30-47(52)58)41-24-16-26-43(37-41)57-61-55(38-19-7-5-8-20-38)60-56(62-57)39-21-9-6-10-22-39/h3-37H,2H2,1H3/b4-3-,50-33-. The van der Waals surface area contributed by atoms with Gasteiger partial charge >= 0.3 is 0 Å². The molecule has 0 atom stereocenters. The lowest BCUT2D eigenvalue weighted by molar-refractivity contribution is 0.436. The predicted molar refractivity (Wildman–Crippen MR) is 257 cm³/mol. The van der Waals surface area contributed by atoms with E-state index in [1.54, 1.807) is 0 Å². The summed E-state index contributed by atoms with van der Waals surface area (Å²) in [6, 6.07) is 68.0. The Morgan fingerprint density at radius 1 is 0.476 bits per heavy atom. The molecule has 0 N–H and O–H groups in total. The minimum absolute atomic E-state index is 0.608. The molecule has 0 fully saturated rings. The maximum Gasteiger partial charge on any atom is 0.164 e. The Bertz CT molecular complexity index is 3190. The van der Waals surface area contributed by atoms with Crippen molar-refractivity contribution in [3.8, 4) is 79.0 Å². The summed E-state index contributed by atoms with van der Waals surface area (Å²) >= 11 is 0. The third-order valence-corrected chi connectivity index (χ3v) is 12.2. The molecule has 2 aliphatic rings. The Morgan fingerprint density at radius 2 is 0.921 bits per heavy atom. The first-order chi connectivity index (χ1) is 31.1. The van der Waals surface area contributed by atoms with Crippen LogP contribution >= 0.6 is 0 Å². The molecule has 5 heteroatoms. The molecule has 1 aliphatic carbocycles. The van der Waals surface area contributed by atoms with E-state index in [1.165, 1.54) is 22.3 Å². The van der Waals surface area contributed by atoms with Gasteiger partial charge in [0.1, 0.15) is 11.5 Å². The second-order valence-electron chi connectivity index (χ2n) is 15.7. The second-order valence-corrected chi connectivity index (χ2v) is 15.7. The number of para-hydroxylation sites is 2. The molecule has 63 heavy (non-hydrogen) atoms. The zero-order valence-electron chi connectivity index (χ0n) is 34.6. The topological polar surface area (TPSA) is 60.3 Å². The maximum atomic E-state index is 6.71. The number of aromatic nitrogens is 3. The summed E-state index contributed by atoms with van der Waals surface area (Å²) in [6.45, 7) is 5.92. The number of hydrogen-bond acceptors (Lipinski definition) is 5. The minimum atomic E-state index is -0.666. The van der Waals surface area contributed by atoms with Crippen LogP contribution in [0, 0.1) is 0 Å². The third kappa shape index (κ3) is 6.24. The summed E-state index contributed by atoms with van der Waals surface area (Å²) < 4.78 is 6.71. The van der Waals surface area contributed by atoms with Crippen LogP contribution in [0.25, 0.3) is 73.2 Å². The van der Waals surface area contributed by atoms with Crippen LogP contribution in [0.4, 0.5) is 0 Å². The summed E-state index contributed by atoms with van der Waals surface area (Å²) in [6.07, 6.45) is 6.00. The van der Waals surface area contributed by atoms with Crippen LogP contribution in [0.1, 0.15) is 34.7 Å². The second kappa shape index (κ2) is 15.6. The number of fused-ring (bicyclic) bond motifs is 9. The lowest BCUT2D eigenvalue weighted by Crippen LogP contribution is -2.32. The van der Waals surface area contributed by atoms with Crippen molar-refractivity contribution in [3.05, 3.63) is 240 Å². The Balaban J connectivity index is 1.17. The number of rotatable bonds is 8. The highest BCUT2D eigenvalue weighted by Gasteiger charge is 2.52. The van der Waals surface area contributed by atoms with Crippen LogP contribution in [0.5, 0.6) is 11.5 Å². The first kappa shape index (κ1) is 37.7. The van der Waals surface area contributed by atoms with E-state index in [-0.39, 0.29) is 0 Å². The summed E-state index contributed by atoms with van der Waals surface area (Å²) in [7, 11) is 0. The van der Waals surface area contributed by atoms with Crippen LogP contribution in [0.3, 0.4) is 0 Å². The average Bonchev–Trinajstić information content (AvgIpc) is 3.65. The Kier molecular flexibility index (Phi) is 9.36. The van der Waals surface area contributed by atoms with Crippen LogP contribution in [0.15, 0.2) is 217 Å².